The Balaban J connectivity index is 0.952. The van der Waals surface area contributed by atoms with Crippen LogP contribution in [0.2, 0.25) is 0 Å². The number of fused-ring (bicyclic) bond motifs is 7. The maximum Gasteiger partial charge on any atom is 0.0714 e. The fourth-order valence-corrected chi connectivity index (χ4v) is 12.9. The van der Waals surface area contributed by atoms with Crippen molar-refractivity contribution in [1.29, 1.82) is 0 Å². The van der Waals surface area contributed by atoms with E-state index in [1.54, 1.807) is 0 Å². The van der Waals surface area contributed by atoms with E-state index in [0.717, 1.165) is 22.6 Å². The predicted octanol–water partition coefficient (Wildman–Crippen LogP) is 18.4. The van der Waals surface area contributed by atoms with Crippen LogP contribution in [0.4, 0.5) is 17.1 Å². The van der Waals surface area contributed by atoms with Gasteiger partial charge in [-0.2, -0.15) is 0 Å². The van der Waals surface area contributed by atoms with E-state index in [2.05, 4.69) is 302 Å². The first-order chi connectivity index (χ1) is 36.2. The van der Waals surface area contributed by atoms with Crippen LogP contribution in [-0.2, 0) is 10.8 Å². The molecule has 0 heterocycles. The van der Waals surface area contributed by atoms with Crippen molar-refractivity contribution in [3.8, 4) is 44.5 Å². The lowest BCUT2D eigenvalue weighted by Gasteiger charge is -2.35. The standard InChI is InChI=1S/C72H49N/c1-6-24-52(25-7-1)71(53-26-8-2-9-27-53)66-39-21-19-36-63(66)70-64(37-22-40-67(70)71)69-59-34-17-16-23-50(59)43-47-60(69)51-41-44-57(45-42-51)73(56-32-14-5-15-33-56)58-46-48-62-61-35-18-20-38-65(61)72(68(62)49-58,54-28-10-3-11-29-54)55-30-12-4-13-31-55/h1-49H. The summed E-state index contributed by atoms with van der Waals surface area (Å²) in [4.78, 5) is 2.42. The molecule has 1 heteroatoms. The van der Waals surface area contributed by atoms with Crippen LogP contribution >= 0.6 is 0 Å². The van der Waals surface area contributed by atoms with Gasteiger partial charge in [0.2, 0.25) is 0 Å². The molecule has 0 unspecified atom stereocenters. The SMILES string of the molecule is c1ccc(N(c2ccc(-c3ccc4ccccc4c3-c3cccc4c3-c3ccccc3C4(c3ccccc3)c3ccccc3)cc2)c2ccc3c(c2)C(c2ccccc2)(c2ccccc2)c2ccccc2-3)cc1. The lowest BCUT2D eigenvalue weighted by Crippen LogP contribution is -2.28. The minimum atomic E-state index is -0.511. The Morgan fingerprint density at radius 1 is 0.233 bits per heavy atom. The van der Waals surface area contributed by atoms with Crippen LogP contribution in [0, 0.1) is 0 Å². The molecule has 0 bridgehead atoms. The van der Waals surface area contributed by atoms with Crippen LogP contribution in [0.25, 0.3) is 55.3 Å². The third-order valence-electron chi connectivity index (χ3n) is 15.8. The van der Waals surface area contributed by atoms with E-state index in [1.807, 2.05) is 0 Å². The topological polar surface area (TPSA) is 3.24 Å². The molecule has 0 spiro atoms. The van der Waals surface area contributed by atoms with Gasteiger partial charge in [-0.1, -0.05) is 261 Å². The number of benzene rings is 12. The highest BCUT2D eigenvalue weighted by Gasteiger charge is 2.48. The summed E-state index contributed by atoms with van der Waals surface area (Å²) in [6.07, 6.45) is 0. The zero-order chi connectivity index (χ0) is 48.3. The summed E-state index contributed by atoms with van der Waals surface area (Å²) in [5.41, 5.74) is 22.4. The Labute approximate surface area is 427 Å². The van der Waals surface area contributed by atoms with Gasteiger partial charge in [0.25, 0.3) is 0 Å². The van der Waals surface area contributed by atoms with E-state index in [-0.39, 0.29) is 0 Å². The molecule has 12 aromatic carbocycles. The number of rotatable bonds is 9. The highest BCUT2D eigenvalue weighted by Crippen LogP contribution is 2.60. The number of hydrogen-bond acceptors (Lipinski definition) is 1. The molecule has 0 amide bonds. The number of nitrogens with zero attached hydrogens (tertiary/aromatic N) is 1. The number of hydrogen-bond donors (Lipinski definition) is 0. The van der Waals surface area contributed by atoms with E-state index in [1.165, 1.54) is 94.2 Å². The average molecular weight is 928 g/mol. The highest BCUT2D eigenvalue weighted by atomic mass is 15.1. The first kappa shape index (κ1) is 42.6. The van der Waals surface area contributed by atoms with E-state index in [0.29, 0.717) is 0 Å². The molecule has 0 aromatic heterocycles. The summed E-state index contributed by atoms with van der Waals surface area (Å²) in [5, 5.41) is 2.45. The van der Waals surface area contributed by atoms with Crippen molar-refractivity contribution in [3.05, 3.63) is 342 Å². The van der Waals surface area contributed by atoms with Gasteiger partial charge < -0.3 is 4.90 Å². The van der Waals surface area contributed by atoms with E-state index >= 15 is 0 Å². The van der Waals surface area contributed by atoms with E-state index in [4.69, 9.17) is 0 Å². The lowest BCUT2D eigenvalue weighted by molar-refractivity contribution is 0.768. The summed E-state index contributed by atoms with van der Waals surface area (Å²) in [7, 11) is 0. The summed E-state index contributed by atoms with van der Waals surface area (Å²) >= 11 is 0. The van der Waals surface area contributed by atoms with Gasteiger partial charge in [0.1, 0.15) is 0 Å². The molecule has 0 N–H and O–H groups in total. The fourth-order valence-electron chi connectivity index (χ4n) is 12.9. The molecule has 0 radical (unpaired) electrons. The Hall–Kier alpha value is -9.30. The molecule has 2 aliphatic carbocycles. The first-order valence-electron chi connectivity index (χ1n) is 25.4. The molecule has 14 rings (SSSR count). The van der Waals surface area contributed by atoms with Crippen molar-refractivity contribution in [2.45, 2.75) is 10.8 Å². The van der Waals surface area contributed by atoms with Gasteiger partial charge in [-0.15, -0.1) is 0 Å². The summed E-state index contributed by atoms with van der Waals surface area (Å²) < 4.78 is 0. The normalized spacial score (nSPS) is 13.4. The zero-order valence-electron chi connectivity index (χ0n) is 40.2. The van der Waals surface area contributed by atoms with Gasteiger partial charge in [0, 0.05) is 17.1 Å². The van der Waals surface area contributed by atoms with Crippen LogP contribution in [0.3, 0.4) is 0 Å². The Bertz CT molecular complexity index is 3910. The highest BCUT2D eigenvalue weighted by molar-refractivity contribution is 6.09. The van der Waals surface area contributed by atoms with E-state index < -0.39 is 10.8 Å². The second kappa shape index (κ2) is 17.2. The zero-order valence-corrected chi connectivity index (χ0v) is 40.2. The molecule has 2 aliphatic rings. The van der Waals surface area contributed by atoms with Crippen molar-refractivity contribution < 1.29 is 0 Å². The maximum absolute atomic E-state index is 2.45. The van der Waals surface area contributed by atoms with Crippen LogP contribution in [0.5, 0.6) is 0 Å². The largest absolute Gasteiger partial charge is 0.310 e. The minimum absolute atomic E-state index is 0.500. The third-order valence-corrected chi connectivity index (χ3v) is 15.8. The summed E-state index contributed by atoms with van der Waals surface area (Å²) in [5.74, 6) is 0. The van der Waals surface area contributed by atoms with Crippen molar-refractivity contribution >= 4 is 27.8 Å². The quantitative estimate of drug-likeness (QED) is 0.139. The first-order valence-corrected chi connectivity index (χ1v) is 25.4. The van der Waals surface area contributed by atoms with Crippen LogP contribution < -0.4 is 4.90 Å². The van der Waals surface area contributed by atoms with Crippen LogP contribution in [-0.4, -0.2) is 0 Å². The molecule has 1 nitrogen and oxygen atoms in total. The van der Waals surface area contributed by atoms with Crippen molar-refractivity contribution in [3.63, 3.8) is 0 Å². The molecule has 0 fully saturated rings. The second-order valence-electron chi connectivity index (χ2n) is 19.4. The second-order valence-corrected chi connectivity index (χ2v) is 19.4. The molecule has 0 saturated heterocycles. The predicted molar refractivity (Wildman–Crippen MR) is 304 cm³/mol. The molecular formula is C72H49N. The van der Waals surface area contributed by atoms with Crippen LogP contribution in [0.1, 0.15) is 44.5 Å². The minimum Gasteiger partial charge on any atom is -0.310 e. The van der Waals surface area contributed by atoms with Gasteiger partial charge in [-0.3, -0.25) is 0 Å². The van der Waals surface area contributed by atoms with Gasteiger partial charge >= 0.3 is 0 Å². The fraction of sp³-hybridized carbons (Fsp3) is 0.0278. The lowest BCUT2D eigenvalue weighted by atomic mass is 9.67. The van der Waals surface area contributed by atoms with Gasteiger partial charge in [-0.05, 0) is 136 Å². The van der Waals surface area contributed by atoms with Gasteiger partial charge in [0.15, 0.2) is 0 Å². The molecular weight excluding hydrogens is 879 g/mol. The maximum atomic E-state index is 2.45. The third kappa shape index (κ3) is 6.42. The van der Waals surface area contributed by atoms with Crippen molar-refractivity contribution in [2.75, 3.05) is 4.90 Å². The Kier molecular flexibility index (Phi) is 10.0. The Morgan fingerprint density at radius 2 is 0.658 bits per heavy atom. The van der Waals surface area contributed by atoms with Gasteiger partial charge in [-0.25, -0.2) is 0 Å². The number of para-hydroxylation sites is 1. The monoisotopic (exact) mass is 927 g/mol. The summed E-state index contributed by atoms with van der Waals surface area (Å²) in [6, 6.07) is 110. The molecule has 0 saturated carbocycles. The van der Waals surface area contributed by atoms with E-state index in [9.17, 15) is 0 Å². The van der Waals surface area contributed by atoms with Gasteiger partial charge in [0.05, 0.1) is 10.8 Å². The Morgan fingerprint density at radius 3 is 1.27 bits per heavy atom. The van der Waals surface area contributed by atoms with Crippen LogP contribution in [0.15, 0.2) is 297 Å². The van der Waals surface area contributed by atoms with Crippen molar-refractivity contribution in [1.82, 2.24) is 0 Å². The molecule has 0 aliphatic heterocycles. The molecule has 0 atom stereocenters. The molecule has 73 heavy (non-hydrogen) atoms. The molecule has 342 valence electrons. The summed E-state index contributed by atoms with van der Waals surface area (Å²) in [6.45, 7) is 0. The van der Waals surface area contributed by atoms with Crippen molar-refractivity contribution in [2.24, 2.45) is 0 Å². The smallest absolute Gasteiger partial charge is 0.0714 e. The average Bonchev–Trinajstić information content (AvgIpc) is 3.95. The number of anilines is 3. The molecule has 12 aromatic rings.